The minimum atomic E-state index is -0.697. The molecule has 0 amide bonds. The van der Waals surface area contributed by atoms with E-state index in [4.69, 9.17) is 0 Å². The minimum Gasteiger partial charge on any atom is -0.314 e. The van der Waals surface area contributed by atoms with Gasteiger partial charge in [0, 0.05) is 40.9 Å². The molecule has 0 aromatic rings. The van der Waals surface area contributed by atoms with Gasteiger partial charge in [0.2, 0.25) is 0 Å². The molecule has 96 valence electrons. The first kappa shape index (κ1) is 14.1. The summed E-state index contributed by atoms with van der Waals surface area (Å²) in [7, 11) is -0.697. The zero-order valence-corrected chi connectivity index (χ0v) is 11.6. The maximum atomic E-state index is 11.1. The van der Waals surface area contributed by atoms with Crippen molar-refractivity contribution >= 4 is 10.8 Å². The molecule has 4 heteroatoms. The highest BCUT2D eigenvalue weighted by Gasteiger charge is 2.16. The lowest BCUT2D eigenvalue weighted by atomic mass is 9.98. The van der Waals surface area contributed by atoms with E-state index in [0.717, 1.165) is 5.75 Å². The van der Waals surface area contributed by atoms with E-state index in [-0.39, 0.29) is 0 Å². The Bertz CT molecular complexity index is 217. The lowest BCUT2D eigenvalue weighted by Gasteiger charge is -2.28. The molecule has 3 nitrogen and oxygen atoms in total. The van der Waals surface area contributed by atoms with Gasteiger partial charge in [0.1, 0.15) is 0 Å². The smallest absolute Gasteiger partial charge is 0.0383 e. The van der Waals surface area contributed by atoms with Crippen molar-refractivity contribution in [3.05, 3.63) is 0 Å². The van der Waals surface area contributed by atoms with E-state index < -0.39 is 10.8 Å². The average Bonchev–Trinajstić information content (AvgIpc) is 2.17. The van der Waals surface area contributed by atoms with Crippen molar-refractivity contribution in [3.8, 4) is 0 Å². The largest absolute Gasteiger partial charge is 0.314 e. The quantitative estimate of drug-likeness (QED) is 0.741. The fraction of sp³-hybridized carbons (Fsp3) is 1.00. The second kappa shape index (κ2) is 7.41. The summed E-state index contributed by atoms with van der Waals surface area (Å²) in [5.41, 5.74) is 0. The molecule has 1 aliphatic rings. The fourth-order valence-corrected chi connectivity index (χ4v) is 3.31. The summed E-state index contributed by atoms with van der Waals surface area (Å²) in [6, 6.07) is 1.54. The van der Waals surface area contributed by atoms with E-state index >= 15 is 0 Å². The van der Waals surface area contributed by atoms with E-state index in [9.17, 15) is 4.21 Å². The molecule has 1 aliphatic heterocycles. The molecule has 1 heterocycles. The second-order valence-electron chi connectivity index (χ2n) is 5.09. The van der Waals surface area contributed by atoms with Crippen molar-refractivity contribution in [1.29, 1.82) is 0 Å². The third-order valence-electron chi connectivity index (χ3n) is 3.10. The van der Waals surface area contributed by atoms with Crippen molar-refractivity contribution in [2.75, 3.05) is 18.6 Å². The van der Waals surface area contributed by atoms with E-state index in [1.165, 1.54) is 32.2 Å². The van der Waals surface area contributed by atoms with Crippen LogP contribution in [-0.4, -0.2) is 40.9 Å². The molecule has 0 radical (unpaired) electrons. The van der Waals surface area contributed by atoms with Gasteiger partial charge in [0.15, 0.2) is 0 Å². The Morgan fingerprint density at radius 3 is 2.69 bits per heavy atom. The summed E-state index contributed by atoms with van der Waals surface area (Å²) in [4.78, 5) is 0. The van der Waals surface area contributed by atoms with Gasteiger partial charge in [-0.1, -0.05) is 6.42 Å². The summed E-state index contributed by atoms with van der Waals surface area (Å²) in [6.07, 6.45) is 6.94. The maximum absolute atomic E-state index is 11.1. The van der Waals surface area contributed by atoms with Crippen LogP contribution in [-0.2, 0) is 10.8 Å². The maximum Gasteiger partial charge on any atom is 0.0383 e. The standard InChI is InChI=1S/C12H26N2OS/c1-10(14-11(2)9-16(3)15)8-12-6-4-5-7-13-12/h10-14H,4-9H2,1-3H3. The number of hydrogen-bond donors (Lipinski definition) is 2. The Labute approximate surface area is 102 Å². The Morgan fingerprint density at radius 1 is 1.38 bits per heavy atom. The van der Waals surface area contributed by atoms with Gasteiger partial charge in [0.05, 0.1) is 0 Å². The third-order valence-corrected chi connectivity index (χ3v) is 4.07. The number of piperidine rings is 1. The molecule has 2 N–H and O–H groups in total. The third kappa shape index (κ3) is 5.97. The van der Waals surface area contributed by atoms with Gasteiger partial charge in [-0.15, -0.1) is 0 Å². The van der Waals surface area contributed by atoms with Gasteiger partial charge < -0.3 is 10.6 Å². The Kier molecular flexibility index (Phi) is 6.54. The number of nitrogens with one attached hydrogen (secondary N) is 2. The van der Waals surface area contributed by atoms with Crippen molar-refractivity contribution in [1.82, 2.24) is 10.6 Å². The number of rotatable bonds is 6. The monoisotopic (exact) mass is 246 g/mol. The van der Waals surface area contributed by atoms with Crippen LogP contribution in [0.3, 0.4) is 0 Å². The van der Waals surface area contributed by atoms with Crippen LogP contribution in [0.4, 0.5) is 0 Å². The molecular weight excluding hydrogens is 220 g/mol. The first-order chi connectivity index (χ1) is 7.58. The normalized spacial score (nSPS) is 27.3. The molecule has 0 aromatic heterocycles. The molecule has 0 bridgehead atoms. The SMILES string of the molecule is CC(CC1CCCCN1)NC(C)CS(C)=O. The summed E-state index contributed by atoms with van der Waals surface area (Å²) in [6.45, 7) is 5.52. The van der Waals surface area contributed by atoms with Crippen LogP contribution in [0.25, 0.3) is 0 Å². The van der Waals surface area contributed by atoms with Crippen molar-refractivity contribution in [3.63, 3.8) is 0 Å². The average molecular weight is 246 g/mol. The number of hydrogen-bond acceptors (Lipinski definition) is 3. The van der Waals surface area contributed by atoms with Crippen LogP contribution in [0.15, 0.2) is 0 Å². The van der Waals surface area contributed by atoms with E-state index in [0.29, 0.717) is 18.1 Å². The molecule has 1 fully saturated rings. The van der Waals surface area contributed by atoms with Gasteiger partial charge in [-0.2, -0.15) is 0 Å². The summed E-state index contributed by atoms with van der Waals surface area (Å²) in [5.74, 6) is 0.752. The van der Waals surface area contributed by atoms with Crippen molar-refractivity contribution in [2.24, 2.45) is 0 Å². The highest BCUT2D eigenvalue weighted by molar-refractivity contribution is 7.84. The summed E-state index contributed by atoms with van der Waals surface area (Å²) >= 11 is 0. The topological polar surface area (TPSA) is 41.1 Å². The molecule has 16 heavy (non-hydrogen) atoms. The first-order valence-corrected chi connectivity index (χ1v) is 8.10. The molecule has 4 unspecified atom stereocenters. The molecular formula is C12H26N2OS. The molecule has 4 atom stereocenters. The minimum absolute atomic E-state index is 0.351. The van der Waals surface area contributed by atoms with E-state index in [2.05, 4.69) is 24.5 Å². The second-order valence-corrected chi connectivity index (χ2v) is 6.57. The molecule has 0 aliphatic carbocycles. The van der Waals surface area contributed by atoms with Crippen LogP contribution in [0.1, 0.15) is 39.5 Å². The van der Waals surface area contributed by atoms with E-state index in [1.54, 1.807) is 6.26 Å². The Morgan fingerprint density at radius 2 is 2.12 bits per heavy atom. The Hall–Kier alpha value is 0.0700. The lowest BCUT2D eigenvalue weighted by Crippen LogP contribution is -2.43. The van der Waals surface area contributed by atoms with Gasteiger partial charge in [0.25, 0.3) is 0 Å². The van der Waals surface area contributed by atoms with Crippen LogP contribution < -0.4 is 10.6 Å². The van der Waals surface area contributed by atoms with E-state index in [1.807, 2.05) is 0 Å². The highest BCUT2D eigenvalue weighted by atomic mass is 32.2. The first-order valence-electron chi connectivity index (χ1n) is 6.37. The summed E-state index contributed by atoms with van der Waals surface area (Å²) < 4.78 is 11.1. The van der Waals surface area contributed by atoms with Gasteiger partial charge in [-0.05, 0) is 39.7 Å². The Balaban J connectivity index is 2.18. The van der Waals surface area contributed by atoms with Crippen LogP contribution in [0, 0.1) is 0 Å². The predicted molar refractivity (Wildman–Crippen MR) is 71.3 cm³/mol. The molecule has 0 saturated carbocycles. The predicted octanol–water partition coefficient (Wildman–Crippen LogP) is 1.26. The van der Waals surface area contributed by atoms with Crippen molar-refractivity contribution < 1.29 is 4.21 Å². The van der Waals surface area contributed by atoms with Gasteiger partial charge >= 0.3 is 0 Å². The lowest BCUT2D eigenvalue weighted by molar-refractivity contribution is 0.337. The molecule has 0 spiro atoms. The molecule has 1 rings (SSSR count). The summed E-state index contributed by atoms with van der Waals surface area (Å²) in [5, 5.41) is 7.09. The van der Waals surface area contributed by atoms with Gasteiger partial charge in [-0.25, -0.2) is 0 Å². The fourth-order valence-electron chi connectivity index (χ4n) is 2.51. The van der Waals surface area contributed by atoms with Crippen LogP contribution >= 0.6 is 0 Å². The van der Waals surface area contributed by atoms with Gasteiger partial charge in [-0.3, -0.25) is 4.21 Å². The highest BCUT2D eigenvalue weighted by Crippen LogP contribution is 2.12. The zero-order chi connectivity index (χ0) is 12.0. The van der Waals surface area contributed by atoms with Crippen LogP contribution in [0.2, 0.25) is 0 Å². The zero-order valence-electron chi connectivity index (χ0n) is 10.8. The molecule has 1 saturated heterocycles. The van der Waals surface area contributed by atoms with Crippen molar-refractivity contribution in [2.45, 2.75) is 57.7 Å². The van der Waals surface area contributed by atoms with Crippen LogP contribution in [0.5, 0.6) is 0 Å². The molecule has 0 aromatic carbocycles.